The highest BCUT2D eigenvalue weighted by molar-refractivity contribution is 5.94. The lowest BCUT2D eigenvalue weighted by molar-refractivity contribution is 0.0953. The molecule has 0 bridgehead atoms. The smallest absolute Gasteiger partial charge is 0.251 e. The second kappa shape index (κ2) is 6.52. The van der Waals surface area contributed by atoms with Crippen LogP contribution in [0, 0.1) is 0 Å². The van der Waals surface area contributed by atoms with Crippen molar-refractivity contribution in [3.8, 4) is 0 Å². The zero-order valence-electron chi connectivity index (χ0n) is 10.8. The van der Waals surface area contributed by atoms with Crippen molar-refractivity contribution in [3.63, 3.8) is 0 Å². The first kappa shape index (κ1) is 13.1. The number of benzene rings is 1. The van der Waals surface area contributed by atoms with Gasteiger partial charge in [0.1, 0.15) is 0 Å². The van der Waals surface area contributed by atoms with Gasteiger partial charge in [0, 0.05) is 12.1 Å². The van der Waals surface area contributed by atoms with E-state index in [1.165, 1.54) is 5.56 Å². The van der Waals surface area contributed by atoms with Crippen molar-refractivity contribution in [2.24, 2.45) is 0 Å². The van der Waals surface area contributed by atoms with Gasteiger partial charge in [0.15, 0.2) is 0 Å². The average Bonchev–Trinajstić information content (AvgIpc) is 2.85. The normalized spacial score (nSPS) is 13.4. The van der Waals surface area contributed by atoms with Crippen molar-refractivity contribution < 1.29 is 9.53 Å². The van der Waals surface area contributed by atoms with E-state index in [1.54, 1.807) is 0 Å². The molecule has 1 aromatic carbocycles. The standard InChI is InChI=1S/C14H20N2O2/c1-2-15-6-3-7-16-14(17)11-4-5-12-9-18-10-13(12)8-11/h4-5,8,15H,2-3,6-7,9-10H2,1H3,(H,16,17). The van der Waals surface area contributed by atoms with Crippen LogP contribution in [0.2, 0.25) is 0 Å². The maximum Gasteiger partial charge on any atom is 0.251 e. The molecule has 0 fully saturated rings. The first-order chi connectivity index (χ1) is 8.81. The number of hydrogen-bond donors (Lipinski definition) is 2. The van der Waals surface area contributed by atoms with Crippen LogP contribution in [0.5, 0.6) is 0 Å². The number of rotatable bonds is 6. The summed E-state index contributed by atoms with van der Waals surface area (Å²) < 4.78 is 5.34. The third kappa shape index (κ3) is 3.31. The maximum atomic E-state index is 11.9. The van der Waals surface area contributed by atoms with E-state index in [0.29, 0.717) is 19.8 Å². The number of carbonyl (C=O) groups excluding carboxylic acids is 1. The highest BCUT2D eigenvalue weighted by Crippen LogP contribution is 2.20. The fourth-order valence-electron chi connectivity index (χ4n) is 2.01. The van der Waals surface area contributed by atoms with E-state index < -0.39 is 0 Å². The van der Waals surface area contributed by atoms with Crippen molar-refractivity contribution in [1.82, 2.24) is 10.6 Å². The summed E-state index contributed by atoms with van der Waals surface area (Å²) in [5, 5.41) is 6.16. The van der Waals surface area contributed by atoms with Gasteiger partial charge in [-0.2, -0.15) is 0 Å². The quantitative estimate of drug-likeness (QED) is 0.749. The van der Waals surface area contributed by atoms with Crippen molar-refractivity contribution in [3.05, 3.63) is 34.9 Å². The molecule has 1 aromatic rings. The van der Waals surface area contributed by atoms with Crippen LogP contribution in [-0.4, -0.2) is 25.5 Å². The third-order valence-corrected chi connectivity index (χ3v) is 3.05. The molecule has 4 nitrogen and oxygen atoms in total. The van der Waals surface area contributed by atoms with Gasteiger partial charge in [-0.25, -0.2) is 0 Å². The van der Waals surface area contributed by atoms with E-state index in [-0.39, 0.29) is 5.91 Å². The van der Waals surface area contributed by atoms with Crippen molar-refractivity contribution >= 4 is 5.91 Å². The van der Waals surface area contributed by atoms with Crippen molar-refractivity contribution in [2.75, 3.05) is 19.6 Å². The van der Waals surface area contributed by atoms with Gasteiger partial charge in [0.2, 0.25) is 0 Å². The molecule has 0 aliphatic carbocycles. The van der Waals surface area contributed by atoms with Crippen LogP contribution in [0.4, 0.5) is 0 Å². The summed E-state index contributed by atoms with van der Waals surface area (Å²) in [6.07, 6.45) is 0.952. The molecule has 0 unspecified atom stereocenters. The molecule has 4 heteroatoms. The van der Waals surface area contributed by atoms with Crippen LogP contribution in [0.15, 0.2) is 18.2 Å². The Kier molecular flexibility index (Phi) is 4.73. The van der Waals surface area contributed by atoms with E-state index in [2.05, 4.69) is 17.6 Å². The van der Waals surface area contributed by atoms with Crippen LogP contribution in [0.3, 0.4) is 0 Å². The highest BCUT2D eigenvalue weighted by atomic mass is 16.5. The highest BCUT2D eigenvalue weighted by Gasteiger charge is 2.13. The number of ether oxygens (including phenoxy) is 1. The molecule has 0 atom stereocenters. The lowest BCUT2D eigenvalue weighted by Crippen LogP contribution is -2.27. The monoisotopic (exact) mass is 248 g/mol. The Bertz CT molecular complexity index is 418. The number of fused-ring (bicyclic) bond motifs is 1. The molecule has 1 aliphatic heterocycles. The number of nitrogens with one attached hydrogen (secondary N) is 2. The van der Waals surface area contributed by atoms with Gasteiger partial charge in [0.25, 0.3) is 5.91 Å². The molecule has 2 rings (SSSR count). The van der Waals surface area contributed by atoms with Crippen LogP contribution in [-0.2, 0) is 18.0 Å². The molecule has 98 valence electrons. The first-order valence-corrected chi connectivity index (χ1v) is 6.49. The predicted octanol–water partition coefficient (Wildman–Crippen LogP) is 1.45. The van der Waals surface area contributed by atoms with E-state index in [9.17, 15) is 4.79 Å². The summed E-state index contributed by atoms with van der Waals surface area (Å²) in [5.41, 5.74) is 3.05. The molecule has 2 N–H and O–H groups in total. The molecule has 0 radical (unpaired) electrons. The Morgan fingerprint density at radius 3 is 2.94 bits per heavy atom. The van der Waals surface area contributed by atoms with Crippen molar-refractivity contribution in [1.29, 1.82) is 0 Å². The zero-order chi connectivity index (χ0) is 12.8. The van der Waals surface area contributed by atoms with Crippen LogP contribution in [0.25, 0.3) is 0 Å². The second-order valence-electron chi connectivity index (χ2n) is 4.44. The molecule has 0 saturated heterocycles. The number of hydrogen-bond acceptors (Lipinski definition) is 3. The van der Waals surface area contributed by atoms with Gasteiger partial charge < -0.3 is 15.4 Å². The molecule has 1 heterocycles. The fraction of sp³-hybridized carbons (Fsp3) is 0.500. The lowest BCUT2D eigenvalue weighted by Gasteiger charge is -2.06. The largest absolute Gasteiger partial charge is 0.372 e. The minimum absolute atomic E-state index is 0.00111. The Labute approximate surface area is 108 Å². The fourth-order valence-corrected chi connectivity index (χ4v) is 2.01. The molecule has 1 amide bonds. The molecule has 0 aromatic heterocycles. The van der Waals surface area contributed by atoms with Crippen molar-refractivity contribution in [2.45, 2.75) is 26.6 Å². The lowest BCUT2D eigenvalue weighted by atomic mass is 10.1. The minimum atomic E-state index is 0.00111. The van der Waals surface area contributed by atoms with E-state index in [4.69, 9.17) is 4.74 Å². The van der Waals surface area contributed by atoms with Gasteiger partial charge in [-0.3, -0.25) is 4.79 Å². The van der Waals surface area contributed by atoms with E-state index in [0.717, 1.165) is 30.6 Å². The summed E-state index contributed by atoms with van der Waals surface area (Å²) >= 11 is 0. The summed E-state index contributed by atoms with van der Waals surface area (Å²) in [4.78, 5) is 11.9. The molecule has 0 spiro atoms. The Morgan fingerprint density at radius 2 is 2.11 bits per heavy atom. The molecule has 1 aliphatic rings. The maximum absolute atomic E-state index is 11.9. The summed E-state index contributed by atoms with van der Waals surface area (Å²) in [6, 6.07) is 5.78. The average molecular weight is 248 g/mol. The van der Waals surface area contributed by atoms with Gasteiger partial charge in [-0.05, 0) is 42.8 Å². The van der Waals surface area contributed by atoms with E-state index >= 15 is 0 Å². The number of amides is 1. The van der Waals surface area contributed by atoms with Gasteiger partial charge in [-0.1, -0.05) is 13.0 Å². The molecular weight excluding hydrogens is 228 g/mol. The summed E-state index contributed by atoms with van der Waals surface area (Å²) in [6.45, 7) is 5.98. The van der Waals surface area contributed by atoms with Crippen LogP contribution >= 0.6 is 0 Å². The first-order valence-electron chi connectivity index (χ1n) is 6.49. The zero-order valence-corrected chi connectivity index (χ0v) is 10.8. The predicted molar refractivity (Wildman–Crippen MR) is 70.4 cm³/mol. The van der Waals surface area contributed by atoms with Gasteiger partial charge in [0.05, 0.1) is 13.2 Å². The van der Waals surface area contributed by atoms with Crippen LogP contribution < -0.4 is 10.6 Å². The molecular formula is C14H20N2O2. The van der Waals surface area contributed by atoms with Crippen LogP contribution in [0.1, 0.15) is 34.8 Å². The molecule has 0 saturated carbocycles. The third-order valence-electron chi connectivity index (χ3n) is 3.05. The number of carbonyl (C=O) groups is 1. The Morgan fingerprint density at radius 1 is 1.28 bits per heavy atom. The topological polar surface area (TPSA) is 50.4 Å². The minimum Gasteiger partial charge on any atom is -0.372 e. The molecule has 18 heavy (non-hydrogen) atoms. The summed E-state index contributed by atoms with van der Waals surface area (Å²) in [7, 11) is 0. The van der Waals surface area contributed by atoms with Gasteiger partial charge in [-0.15, -0.1) is 0 Å². The van der Waals surface area contributed by atoms with E-state index in [1.807, 2.05) is 18.2 Å². The Balaban J connectivity index is 1.82. The SMILES string of the molecule is CCNCCCNC(=O)c1ccc2c(c1)COC2. The Hall–Kier alpha value is -1.39. The second-order valence-corrected chi connectivity index (χ2v) is 4.44. The van der Waals surface area contributed by atoms with Gasteiger partial charge >= 0.3 is 0 Å². The summed E-state index contributed by atoms with van der Waals surface area (Å²) in [5.74, 6) is 0.00111.